The van der Waals surface area contributed by atoms with E-state index in [-0.39, 0.29) is 64.9 Å². The normalized spacial score (nSPS) is 29.9. The number of ether oxygens (including phenoxy) is 8. The number of primary amides is 1. The minimum atomic E-state index is -2.28. The van der Waals surface area contributed by atoms with Crippen molar-refractivity contribution in [1.82, 2.24) is 26.6 Å². The molecule has 19 N–H and O–H groups in total. The second-order valence-corrected chi connectivity index (χ2v) is 34.8. The fourth-order valence-corrected chi connectivity index (χ4v) is 17.5. The van der Waals surface area contributed by atoms with Crippen molar-refractivity contribution in [2.75, 3.05) is 6.61 Å². The molecule has 3 fully saturated rings. The minimum Gasteiger partial charge on any atom is -0.508 e. The number of aliphatic carboxylic acids is 1. The van der Waals surface area contributed by atoms with E-state index in [1.807, 2.05) is 50.2 Å². The quantitative estimate of drug-likeness (QED) is 0.0365. The zero-order valence-corrected chi connectivity index (χ0v) is 71.2. The molecule has 20 unspecified atom stereocenters. The van der Waals surface area contributed by atoms with Gasteiger partial charge in [0, 0.05) is 83.4 Å². The van der Waals surface area contributed by atoms with Gasteiger partial charge in [-0.3, -0.25) is 33.6 Å². The molecule has 0 spiro atoms. The van der Waals surface area contributed by atoms with Gasteiger partial charge in [-0.05, 0) is 152 Å². The van der Waals surface area contributed by atoms with E-state index < -0.39 is 268 Å². The number of aromatic hydroxyl groups is 3. The fraction of sp³-hybridized carbons (Fsp3) is 0.438. The van der Waals surface area contributed by atoms with Crippen molar-refractivity contribution in [1.29, 1.82) is 0 Å². The Morgan fingerprint density at radius 1 is 0.656 bits per heavy atom. The third-order valence-corrected chi connectivity index (χ3v) is 24.6. The molecular formula is C89H100Cl3N7O26. The number of hydrogen-bond acceptors (Lipinski definition) is 27. The molecule has 8 heterocycles. The molecule has 33 nitrogen and oxygen atoms in total. The summed E-state index contributed by atoms with van der Waals surface area (Å²) in [6, 6.07) is 21.0. The number of hydrogen-bond donors (Lipinski definition) is 17. The molecule has 8 aliphatic heterocycles. The lowest BCUT2D eigenvalue weighted by atomic mass is 9.84. The number of carbonyl (C=O) groups excluding carboxylic acids is 7. The minimum absolute atomic E-state index is 0.0360. The predicted molar refractivity (Wildman–Crippen MR) is 449 cm³/mol. The lowest BCUT2D eigenvalue weighted by Gasteiger charge is -2.48. The van der Waals surface area contributed by atoms with Gasteiger partial charge in [0.2, 0.25) is 41.6 Å². The highest BCUT2D eigenvalue weighted by molar-refractivity contribution is 6.32. The van der Waals surface area contributed by atoms with Crippen molar-refractivity contribution in [2.24, 2.45) is 29.2 Å². The number of phenolic OH excluding ortho intramolecular Hbond substituents is 3. The molecule has 668 valence electrons. The monoisotopic (exact) mass is 1790 g/mol. The standard InChI is InChI=1S/C89H100Cl3N7O26/c1-8-42(23-38(2)3)82(112)98-72-59(104)27-49(30-66(93)106)83(113)96-70-48-28-63(120-61-21-16-46(74(72)107)25-55(61)91)78(125-87-79(76(109)75(108)65(37-100)122-87)124-68-35-89(7,81(111)40(5)119-68)95-36-41-9-11-43(12-10-41)44-13-18-50(90)19-14-44)64(29-48)121-62-22-17-47(26-56(62)92)77(123-67-34-88(6,94)80(110)39(4)118-67)73-85(115)97-71(86(116)117)54-31-51(101)32-58(103)69(54)53-24-45(15-20-57(53)102)52(33-60(70)105)84(114)99-73/h9-22,24-26,28-29,31-32,38-40,42,49,52,65,67-68,70-77,79-81,87,95,100-103,107-111H,8,23,27,30,33-37,94H2,1-7H3,(H2,93,106)(H,96,113)(H,97,115)(H,98,112)(H,99,114)(H,116,117)/t39?,40?,42?,49?,52?,65?,67?,68?,70?,71-,72?,73+,74?,75?,76?,77?,79?,80?,81?,87?,88?,89?/m1/s1. The molecular weight excluding hydrogens is 1690 g/mol. The van der Waals surface area contributed by atoms with Crippen molar-refractivity contribution in [2.45, 2.75) is 221 Å². The lowest BCUT2D eigenvalue weighted by Crippen LogP contribution is -2.65. The van der Waals surface area contributed by atoms with Gasteiger partial charge in [-0.15, -0.1) is 0 Å². The van der Waals surface area contributed by atoms with Crippen LogP contribution in [0.3, 0.4) is 0 Å². The molecule has 11 bridgehead atoms. The van der Waals surface area contributed by atoms with Crippen LogP contribution in [0.1, 0.15) is 157 Å². The second kappa shape index (κ2) is 38.2. The van der Waals surface area contributed by atoms with Gasteiger partial charge >= 0.3 is 5.97 Å². The molecule has 0 saturated carbocycles. The van der Waals surface area contributed by atoms with Crippen molar-refractivity contribution in [3.8, 4) is 68.2 Å². The van der Waals surface area contributed by atoms with Crippen LogP contribution in [-0.4, -0.2) is 196 Å². The number of phenols is 3. The summed E-state index contributed by atoms with van der Waals surface area (Å²) in [6.45, 7) is 11.0. The number of halogens is 3. The number of rotatable bonds is 19. The summed E-state index contributed by atoms with van der Waals surface area (Å²) in [5.74, 6) is -19.2. The first-order valence-electron chi connectivity index (χ1n) is 40.8. The summed E-state index contributed by atoms with van der Waals surface area (Å²) in [4.78, 5) is 122. The van der Waals surface area contributed by atoms with E-state index in [4.69, 9.17) is 84.2 Å². The number of aliphatic hydroxyl groups is 6. The molecule has 36 heteroatoms. The Kier molecular flexibility index (Phi) is 28.3. The third-order valence-electron chi connectivity index (χ3n) is 23.8. The van der Waals surface area contributed by atoms with Gasteiger partial charge in [0.25, 0.3) is 0 Å². The van der Waals surface area contributed by atoms with E-state index in [0.717, 1.165) is 53.1 Å². The molecule has 0 radical (unpaired) electrons. The zero-order chi connectivity index (χ0) is 90.3. The Hall–Kier alpha value is -10.2. The summed E-state index contributed by atoms with van der Waals surface area (Å²) in [6.07, 6.45) is -24.2. The Balaban J connectivity index is 1.02. The van der Waals surface area contributed by atoms with Crippen molar-refractivity contribution in [3.05, 3.63) is 176 Å². The van der Waals surface area contributed by atoms with Crippen LogP contribution in [0.15, 0.2) is 127 Å². The summed E-state index contributed by atoms with van der Waals surface area (Å²) in [7, 11) is 0. The maximum atomic E-state index is 16.7. The highest BCUT2D eigenvalue weighted by atomic mass is 35.5. The van der Waals surface area contributed by atoms with Gasteiger partial charge in [0.05, 0.1) is 52.9 Å². The molecule has 22 atom stereocenters. The Labute approximate surface area is 732 Å². The number of amides is 5. The van der Waals surface area contributed by atoms with Crippen molar-refractivity contribution < 1.29 is 127 Å². The first-order valence-corrected chi connectivity index (χ1v) is 42.0. The van der Waals surface area contributed by atoms with Crippen LogP contribution in [-0.2, 0) is 68.6 Å². The number of benzene rings is 7. The van der Waals surface area contributed by atoms with Crippen molar-refractivity contribution in [3.63, 3.8) is 0 Å². The van der Waals surface area contributed by atoms with Gasteiger partial charge in [-0.1, -0.05) is 110 Å². The molecule has 3 saturated heterocycles. The zero-order valence-electron chi connectivity index (χ0n) is 68.9. The Bertz CT molecular complexity index is 5240. The molecule has 125 heavy (non-hydrogen) atoms. The number of aliphatic hydroxyl groups excluding tert-OH is 6. The van der Waals surface area contributed by atoms with E-state index in [1.54, 1.807) is 32.9 Å². The average Bonchev–Trinajstić information content (AvgIpc) is 0.762. The molecule has 0 aromatic heterocycles. The number of fused-ring (bicyclic) bond motifs is 15. The van der Waals surface area contributed by atoms with Gasteiger partial charge in [0.15, 0.2) is 47.8 Å². The maximum absolute atomic E-state index is 16.7. The van der Waals surface area contributed by atoms with Crippen molar-refractivity contribution >= 4 is 81.9 Å². The topological polar surface area (TPSA) is 525 Å². The van der Waals surface area contributed by atoms with E-state index in [0.29, 0.717) is 11.4 Å². The number of carboxylic acid groups (broad SMARTS) is 1. The van der Waals surface area contributed by atoms with Crippen LogP contribution >= 0.6 is 34.8 Å². The van der Waals surface area contributed by atoms with Crippen LogP contribution in [0.5, 0.6) is 46.0 Å². The molecule has 7 aromatic carbocycles. The highest BCUT2D eigenvalue weighted by Crippen LogP contribution is 2.51. The number of carbonyl (C=O) groups is 8. The molecule has 7 aromatic rings. The van der Waals surface area contributed by atoms with Crippen LogP contribution < -0.4 is 52.3 Å². The number of nitrogens with one attached hydrogen (secondary N) is 5. The molecule has 5 amide bonds. The smallest absolute Gasteiger partial charge is 0.330 e. The molecule has 15 rings (SSSR count). The summed E-state index contributed by atoms with van der Waals surface area (Å²) in [5, 5.41) is 131. The number of nitrogens with two attached hydrogens (primary N) is 2. The van der Waals surface area contributed by atoms with Gasteiger partial charge in [-0.2, -0.15) is 0 Å². The number of ketones is 2. The largest absolute Gasteiger partial charge is 0.508 e. The SMILES string of the molecule is CCC(CC(C)C)C(=O)NC1C(=O)CC(CC(N)=O)C(=O)NC2C(=O)CC3C(=O)N[C@H](C(=O)N[C@@H](C(=O)O)c4cc(O)cc(O)c4-c4cc3ccc4O)C(OC3CC(C)(N)C(O)C(C)O3)c3ccc(c(Cl)c3)Oc3cc2cc(c3OC2OC(CO)C(O)C(O)C2OC2CC(C)(NCc3ccc(-c4ccc(Cl)cc4)cc3)C(O)C(C)O2)Oc2ccc(cc2Cl)C1O. The van der Waals surface area contributed by atoms with E-state index in [1.165, 1.54) is 56.3 Å². The number of Topliss-reactive ketones (excluding diaryl/α,β-unsaturated/α-hetero) is 2. The van der Waals surface area contributed by atoms with E-state index in [9.17, 15) is 65.4 Å². The average molecular weight is 1790 g/mol. The first kappa shape index (κ1) is 92.5. The van der Waals surface area contributed by atoms with E-state index >= 15 is 24.0 Å². The van der Waals surface area contributed by atoms with Crippen LogP contribution in [0.4, 0.5) is 0 Å². The van der Waals surface area contributed by atoms with Crippen LogP contribution in [0.2, 0.25) is 15.1 Å². The van der Waals surface area contributed by atoms with Crippen LogP contribution in [0, 0.1) is 17.8 Å². The second-order valence-electron chi connectivity index (χ2n) is 33.6. The third kappa shape index (κ3) is 20.3. The summed E-state index contributed by atoms with van der Waals surface area (Å²) < 4.78 is 53.1. The summed E-state index contributed by atoms with van der Waals surface area (Å²) in [5.41, 5.74) is 10.2. The van der Waals surface area contributed by atoms with Gasteiger partial charge in [0.1, 0.15) is 77.4 Å². The maximum Gasteiger partial charge on any atom is 0.330 e. The predicted octanol–water partition coefficient (Wildman–Crippen LogP) is 7.91. The Morgan fingerprint density at radius 2 is 1.27 bits per heavy atom. The van der Waals surface area contributed by atoms with Gasteiger partial charge in [-0.25, -0.2) is 4.79 Å². The summed E-state index contributed by atoms with van der Waals surface area (Å²) >= 11 is 20.9. The molecule has 8 aliphatic rings. The van der Waals surface area contributed by atoms with E-state index in [2.05, 4.69) is 26.6 Å². The highest BCUT2D eigenvalue weighted by Gasteiger charge is 2.53. The molecule has 0 aliphatic carbocycles. The van der Waals surface area contributed by atoms with Crippen LogP contribution in [0.25, 0.3) is 22.3 Å². The lowest BCUT2D eigenvalue weighted by molar-refractivity contribution is -0.334. The Morgan fingerprint density at radius 3 is 1.88 bits per heavy atom. The first-order chi connectivity index (χ1) is 59.2. The van der Waals surface area contributed by atoms with Gasteiger partial charge < -0.3 is 127 Å². The fourth-order valence-electron chi connectivity index (χ4n) is 16.9. The number of carboxylic acids is 1.